The molecule has 2 fully saturated rings. The lowest BCUT2D eigenvalue weighted by Gasteiger charge is -2.40. The highest BCUT2D eigenvalue weighted by atomic mass is 16.3. The van der Waals surface area contributed by atoms with Crippen molar-refractivity contribution in [2.75, 3.05) is 0 Å². The summed E-state index contributed by atoms with van der Waals surface area (Å²) < 4.78 is 0. The predicted octanol–water partition coefficient (Wildman–Crippen LogP) is 7.73. The first-order valence-corrected chi connectivity index (χ1v) is 12.7. The maximum absolute atomic E-state index is 11.3. The minimum absolute atomic E-state index is 0.00756. The first-order valence-electron chi connectivity index (χ1n) is 12.7. The highest BCUT2D eigenvalue weighted by Crippen LogP contribution is 2.61. The minimum atomic E-state index is -0.260. The lowest BCUT2D eigenvalue weighted by Crippen LogP contribution is -2.34. The Morgan fingerprint density at radius 2 is 0.853 bits per heavy atom. The lowest BCUT2D eigenvalue weighted by molar-refractivity contribution is 0.217. The Morgan fingerprint density at radius 1 is 0.529 bits per heavy atom. The van der Waals surface area contributed by atoms with E-state index < -0.39 is 0 Å². The van der Waals surface area contributed by atoms with Gasteiger partial charge in [-0.25, -0.2) is 0 Å². The molecule has 0 saturated heterocycles. The molecule has 2 aromatic rings. The van der Waals surface area contributed by atoms with Crippen molar-refractivity contribution in [1.29, 1.82) is 0 Å². The van der Waals surface area contributed by atoms with Gasteiger partial charge in [-0.05, 0) is 61.5 Å². The Balaban J connectivity index is 1.92. The molecular formula is C30H42O4. The van der Waals surface area contributed by atoms with Crippen molar-refractivity contribution in [1.82, 2.24) is 0 Å². The number of rotatable bonds is 3. The molecule has 186 valence electrons. The molecule has 2 unspecified atom stereocenters. The first-order chi connectivity index (χ1) is 15.6. The lowest BCUT2D eigenvalue weighted by atomic mass is 9.64. The van der Waals surface area contributed by atoms with Crippen molar-refractivity contribution >= 4 is 0 Å². The third kappa shape index (κ3) is 3.17. The van der Waals surface area contributed by atoms with Gasteiger partial charge in [-0.15, -0.1) is 0 Å². The molecule has 2 aromatic carbocycles. The topological polar surface area (TPSA) is 80.9 Å². The quantitative estimate of drug-likeness (QED) is 0.349. The summed E-state index contributed by atoms with van der Waals surface area (Å²) in [6.45, 7) is 17.0. The number of hydrogen-bond acceptors (Lipinski definition) is 4. The van der Waals surface area contributed by atoms with Crippen LogP contribution in [0.1, 0.15) is 102 Å². The average Bonchev–Trinajstić information content (AvgIpc) is 3.18. The van der Waals surface area contributed by atoms with Crippen LogP contribution in [0.2, 0.25) is 0 Å². The summed E-state index contributed by atoms with van der Waals surface area (Å²) in [4.78, 5) is 0. The molecule has 4 N–H and O–H groups in total. The predicted molar refractivity (Wildman–Crippen MR) is 138 cm³/mol. The molecule has 0 heterocycles. The van der Waals surface area contributed by atoms with Gasteiger partial charge in [0.15, 0.2) is 23.0 Å². The van der Waals surface area contributed by atoms with E-state index in [4.69, 9.17) is 0 Å². The Hall–Kier alpha value is -2.36. The number of aromatic hydroxyl groups is 4. The van der Waals surface area contributed by atoms with Crippen molar-refractivity contribution < 1.29 is 20.4 Å². The summed E-state index contributed by atoms with van der Waals surface area (Å²) in [5, 5.41) is 45.0. The zero-order chi connectivity index (χ0) is 25.4. The standard InChI is InChI=1S/C30H42O4/c1-17-15-19(29(7)13-9-11-27(29,3)4)23(31)25(33)21(17)22-18(2)16-20(24(32)26(22)34)30(8)14-10-12-28(30,5)6/h15-16,31-34H,9-14H2,1-8H3. The molecule has 4 heteroatoms. The molecule has 0 bridgehead atoms. The summed E-state index contributed by atoms with van der Waals surface area (Å²) >= 11 is 0. The van der Waals surface area contributed by atoms with E-state index in [9.17, 15) is 20.4 Å². The zero-order valence-electron chi connectivity index (χ0n) is 22.2. The van der Waals surface area contributed by atoms with Gasteiger partial charge in [-0.3, -0.25) is 0 Å². The van der Waals surface area contributed by atoms with Gasteiger partial charge in [0.1, 0.15) is 0 Å². The van der Waals surface area contributed by atoms with Gasteiger partial charge < -0.3 is 20.4 Å². The molecule has 34 heavy (non-hydrogen) atoms. The van der Waals surface area contributed by atoms with Crippen LogP contribution < -0.4 is 0 Å². The molecule has 0 amide bonds. The van der Waals surface area contributed by atoms with Crippen LogP contribution in [0.15, 0.2) is 12.1 Å². The van der Waals surface area contributed by atoms with E-state index in [0.717, 1.165) is 60.8 Å². The molecule has 2 aliphatic rings. The van der Waals surface area contributed by atoms with Crippen LogP contribution in [0.3, 0.4) is 0 Å². The highest BCUT2D eigenvalue weighted by molar-refractivity contribution is 5.86. The Bertz CT molecular complexity index is 1070. The monoisotopic (exact) mass is 466 g/mol. The van der Waals surface area contributed by atoms with Gasteiger partial charge in [0.2, 0.25) is 0 Å². The van der Waals surface area contributed by atoms with Gasteiger partial charge in [0, 0.05) is 33.1 Å². The van der Waals surface area contributed by atoms with Crippen LogP contribution in [-0.2, 0) is 10.8 Å². The summed E-state index contributed by atoms with van der Waals surface area (Å²) in [6.07, 6.45) is 6.17. The van der Waals surface area contributed by atoms with Crippen LogP contribution in [0.5, 0.6) is 23.0 Å². The minimum Gasteiger partial charge on any atom is -0.504 e. The second kappa shape index (κ2) is 7.57. The number of benzene rings is 2. The molecule has 2 atom stereocenters. The maximum Gasteiger partial charge on any atom is 0.166 e. The summed E-state index contributed by atoms with van der Waals surface area (Å²) in [5.41, 5.74) is 3.28. The fourth-order valence-corrected chi connectivity index (χ4v) is 7.05. The van der Waals surface area contributed by atoms with Gasteiger partial charge in [-0.1, -0.05) is 66.5 Å². The van der Waals surface area contributed by atoms with E-state index in [1.807, 2.05) is 26.0 Å². The maximum atomic E-state index is 11.3. The third-order valence-corrected chi connectivity index (χ3v) is 10.3. The number of phenols is 4. The van der Waals surface area contributed by atoms with Crippen molar-refractivity contribution in [2.24, 2.45) is 10.8 Å². The largest absolute Gasteiger partial charge is 0.504 e. The SMILES string of the molecule is Cc1cc(C2(C)CCCC2(C)C)c(O)c(O)c1-c1c(C)cc(C2(C)CCCC2(C)C)c(O)c1O. The van der Waals surface area contributed by atoms with E-state index in [2.05, 4.69) is 41.5 Å². The van der Waals surface area contributed by atoms with Crippen LogP contribution in [0.25, 0.3) is 11.1 Å². The van der Waals surface area contributed by atoms with Crippen LogP contribution >= 0.6 is 0 Å². The summed E-state index contributed by atoms with van der Waals surface area (Å²) in [7, 11) is 0. The van der Waals surface area contributed by atoms with Crippen LogP contribution in [0, 0.1) is 24.7 Å². The Kier molecular flexibility index (Phi) is 5.51. The fourth-order valence-electron chi connectivity index (χ4n) is 7.05. The van der Waals surface area contributed by atoms with Gasteiger partial charge in [0.05, 0.1) is 0 Å². The second-order valence-corrected chi connectivity index (χ2v) is 12.8. The van der Waals surface area contributed by atoms with E-state index in [0.29, 0.717) is 11.1 Å². The molecular weight excluding hydrogens is 424 g/mol. The van der Waals surface area contributed by atoms with E-state index in [-0.39, 0.29) is 44.7 Å². The smallest absolute Gasteiger partial charge is 0.166 e. The fraction of sp³-hybridized carbons (Fsp3) is 0.600. The van der Waals surface area contributed by atoms with Gasteiger partial charge in [-0.2, -0.15) is 0 Å². The molecule has 0 aliphatic heterocycles. The molecule has 2 aliphatic carbocycles. The molecule has 4 rings (SSSR count). The van der Waals surface area contributed by atoms with E-state index in [1.54, 1.807) is 0 Å². The van der Waals surface area contributed by atoms with Crippen LogP contribution in [-0.4, -0.2) is 20.4 Å². The van der Waals surface area contributed by atoms with E-state index >= 15 is 0 Å². The van der Waals surface area contributed by atoms with Crippen molar-refractivity contribution in [3.05, 3.63) is 34.4 Å². The summed E-state index contributed by atoms with van der Waals surface area (Å²) in [6, 6.07) is 3.92. The number of phenolic OH excluding ortho intramolecular Hbond substituents is 4. The van der Waals surface area contributed by atoms with E-state index in [1.165, 1.54) is 0 Å². The van der Waals surface area contributed by atoms with Gasteiger partial charge >= 0.3 is 0 Å². The normalized spacial score (nSPS) is 27.9. The summed E-state index contributed by atoms with van der Waals surface area (Å²) in [5.74, 6) is -0.692. The van der Waals surface area contributed by atoms with Crippen molar-refractivity contribution in [2.45, 2.75) is 105 Å². The first kappa shape index (κ1) is 24.8. The molecule has 0 spiro atoms. The Labute approximate surface area is 204 Å². The van der Waals surface area contributed by atoms with Crippen molar-refractivity contribution in [3.63, 3.8) is 0 Å². The third-order valence-electron chi connectivity index (χ3n) is 10.3. The molecule has 0 radical (unpaired) electrons. The molecule has 0 aromatic heterocycles. The highest BCUT2D eigenvalue weighted by Gasteiger charge is 2.49. The van der Waals surface area contributed by atoms with Gasteiger partial charge in [0.25, 0.3) is 0 Å². The molecule has 4 nitrogen and oxygen atoms in total. The zero-order valence-corrected chi connectivity index (χ0v) is 22.2. The van der Waals surface area contributed by atoms with Crippen LogP contribution in [0.4, 0.5) is 0 Å². The molecule has 2 saturated carbocycles. The number of aryl methyl sites for hydroxylation is 2. The number of hydrogen-bond donors (Lipinski definition) is 4. The average molecular weight is 467 g/mol. The second-order valence-electron chi connectivity index (χ2n) is 12.8. The Morgan fingerprint density at radius 3 is 1.12 bits per heavy atom. The van der Waals surface area contributed by atoms with Crippen molar-refractivity contribution in [3.8, 4) is 34.1 Å².